The quantitative estimate of drug-likeness (QED) is 0.454. The van der Waals surface area contributed by atoms with Gasteiger partial charge >= 0.3 is 6.18 Å². The number of para-hydroxylation sites is 1. The Balaban J connectivity index is 3.42. The Kier molecular flexibility index (Phi) is 2.80. The molecule has 5 nitrogen and oxygen atoms in total. The first kappa shape index (κ1) is 11.2. The maximum Gasteiger partial charge on any atom is 0.418 e. The summed E-state index contributed by atoms with van der Waals surface area (Å²) in [6.07, 6.45) is -4.69. The Morgan fingerprint density at radius 3 is 2.40 bits per heavy atom. The number of alkyl halides is 3. The highest BCUT2D eigenvalue weighted by molar-refractivity contribution is 5.66. The molecule has 0 amide bonds. The third-order valence-electron chi connectivity index (χ3n) is 1.69. The molecule has 82 valence electrons. The average Bonchev–Trinajstić information content (AvgIpc) is 2.15. The SMILES string of the molecule is NNc1c([N+](=O)[O-])cccc1C(F)(F)F. The zero-order valence-corrected chi connectivity index (χ0v) is 7.21. The standard InChI is InChI=1S/C7H6F3N3O2/c8-7(9,10)4-2-1-3-5(13(14)15)6(4)12-11/h1-3,12H,11H2. The van der Waals surface area contributed by atoms with Gasteiger partial charge in [0.05, 0.1) is 10.5 Å². The molecule has 3 N–H and O–H groups in total. The van der Waals surface area contributed by atoms with Crippen LogP contribution in [-0.2, 0) is 6.18 Å². The number of hydrogen-bond donors (Lipinski definition) is 2. The van der Waals surface area contributed by atoms with Crippen molar-refractivity contribution in [1.29, 1.82) is 0 Å². The molecule has 0 aliphatic carbocycles. The van der Waals surface area contributed by atoms with E-state index in [0.717, 1.165) is 12.1 Å². The van der Waals surface area contributed by atoms with Crippen LogP contribution in [0, 0.1) is 10.1 Å². The number of halogens is 3. The van der Waals surface area contributed by atoms with Gasteiger partial charge in [0.1, 0.15) is 5.69 Å². The molecule has 15 heavy (non-hydrogen) atoms. The van der Waals surface area contributed by atoms with Gasteiger partial charge in [0.25, 0.3) is 5.69 Å². The zero-order valence-electron chi connectivity index (χ0n) is 7.21. The Bertz CT molecular complexity index is 392. The van der Waals surface area contributed by atoms with Crippen LogP contribution in [0.2, 0.25) is 0 Å². The number of nitrogen functional groups attached to an aromatic ring is 1. The van der Waals surface area contributed by atoms with Crippen molar-refractivity contribution in [2.45, 2.75) is 6.18 Å². The molecule has 1 aromatic carbocycles. The molecule has 1 aromatic rings. The smallest absolute Gasteiger partial charge is 0.318 e. The Morgan fingerprint density at radius 2 is 2.00 bits per heavy atom. The lowest BCUT2D eigenvalue weighted by Gasteiger charge is -2.11. The van der Waals surface area contributed by atoms with Gasteiger partial charge in [-0.2, -0.15) is 13.2 Å². The molecule has 0 saturated heterocycles. The number of benzene rings is 1. The summed E-state index contributed by atoms with van der Waals surface area (Å²) in [6, 6.07) is 2.59. The normalized spacial score (nSPS) is 11.2. The molecule has 0 fully saturated rings. The molecular weight excluding hydrogens is 215 g/mol. The van der Waals surface area contributed by atoms with Gasteiger partial charge in [-0.3, -0.25) is 16.0 Å². The largest absolute Gasteiger partial charge is 0.418 e. The molecular formula is C7H6F3N3O2. The van der Waals surface area contributed by atoms with E-state index >= 15 is 0 Å². The van der Waals surface area contributed by atoms with Crippen LogP contribution in [0.3, 0.4) is 0 Å². The second-order valence-electron chi connectivity index (χ2n) is 2.60. The lowest BCUT2D eigenvalue weighted by molar-refractivity contribution is -0.384. The fourth-order valence-corrected chi connectivity index (χ4v) is 1.08. The van der Waals surface area contributed by atoms with Crippen molar-refractivity contribution in [2.24, 2.45) is 5.84 Å². The molecule has 0 aliphatic heterocycles. The molecule has 8 heteroatoms. The highest BCUT2D eigenvalue weighted by Crippen LogP contribution is 2.38. The van der Waals surface area contributed by atoms with E-state index in [1.54, 1.807) is 5.43 Å². The summed E-state index contributed by atoms with van der Waals surface area (Å²) in [6.45, 7) is 0. The van der Waals surface area contributed by atoms with Gasteiger partial charge in [-0.1, -0.05) is 6.07 Å². The van der Waals surface area contributed by atoms with Crippen molar-refractivity contribution < 1.29 is 18.1 Å². The lowest BCUT2D eigenvalue weighted by atomic mass is 10.1. The van der Waals surface area contributed by atoms with Crippen molar-refractivity contribution in [3.8, 4) is 0 Å². The molecule has 0 heterocycles. The van der Waals surface area contributed by atoms with Crippen LogP contribution in [0.25, 0.3) is 0 Å². The third-order valence-corrected chi connectivity index (χ3v) is 1.69. The zero-order chi connectivity index (χ0) is 11.6. The maximum absolute atomic E-state index is 12.4. The number of anilines is 1. The van der Waals surface area contributed by atoms with E-state index in [0.29, 0.717) is 6.07 Å². The Morgan fingerprint density at radius 1 is 1.40 bits per heavy atom. The summed E-state index contributed by atoms with van der Waals surface area (Å²) < 4.78 is 37.1. The first-order chi connectivity index (χ1) is 6.88. The van der Waals surface area contributed by atoms with Crippen LogP contribution in [0.1, 0.15) is 5.56 Å². The van der Waals surface area contributed by atoms with Crippen LogP contribution in [0.4, 0.5) is 24.5 Å². The minimum absolute atomic E-state index is 0.711. The van der Waals surface area contributed by atoms with E-state index < -0.39 is 28.0 Å². The number of nitro groups is 1. The predicted octanol–water partition coefficient (Wildman–Crippen LogP) is 1.90. The molecule has 0 unspecified atom stereocenters. The second kappa shape index (κ2) is 3.73. The molecule has 0 saturated carbocycles. The summed E-state index contributed by atoms with van der Waals surface area (Å²) in [7, 11) is 0. The van der Waals surface area contributed by atoms with Crippen LogP contribution in [0.5, 0.6) is 0 Å². The van der Waals surface area contributed by atoms with E-state index in [-0.39, 0.29) is 0 Å². The van der Waals surface area contributed by atoms with Crippen molar-refractivity contribution in [2.75, 3.05) is 5.43 Å². The number of nitrogens with zero attached hydrogens (tertiary/aromatic N) is 1. The molecule has 0 bridgehead atoms. The van der Waals surface area contributed by atoms with E-state index in [1.807, 2.05) is 0 Å². The summed E-state index contributed by atoms with van der Waals surface area (Å²) in [5.41, 5.74) is -0.933. The maximum atomic E-state index is 12.4. The van der Waals surface area contributed by atoms with Crippen LogP contribution >= 0.6 is 0 Å². The van der Waals surface area contributed by atoms with Gasteiger partial charge in [0.2, 0.25) is 0 Å². The van der Waals surface area contributed by atoms with Crippen molar-refractivity contribution in [1.82, 2.24) is 0 Å². The van der Waals surface area contributed by atoms with Crippen molar-refractivity contribution >= 4 is 11.4 Å². The first-order valence-electron chi connectivity index (χ1n) is 3.69. The fraction of sp³-hybridized carbons (Fsp3) is 0.143. The Hall–Kier alpha value is -1.83. The van der Waals surface area contributed by atoms with Gasteiger partial charge < -0.3 is 5.43 Å². The number of nitro benzene ring substituents is 1. The fourth-order valence-electron chi connectivity index (χ4n) is 1.08. The first-order valence-corrected chi connectivity index (χ1v) is 3.69. The highest BCUT2D eigenvalue weighted by atomic mass is 19.4. The average molecular weight is 221 g/mol. The van der Waals surface area contributed by atoms with E-state index in [1.165, 1.54) is 0 Å². The number of hydrazine groups is 1. The van der Waals surface area contributed by atoms with Crippen molar-refractivity contribution in [3.63, 3.8) is 0 Å². The molecule has 0 atom stereocenters. The summed E-state index contributed by atoms with van der Waals surface area (Å²) in [5, 5.41) is 10.4. The van der Waals surface area contributed by atoms with E-state index in [4.69, 9.17) is 5.84 Å². The van der Waals surface area contributed by atoms with E-state index in [2.05, 4.69) is 0 Å². The van der Waals surface area contributed by atoms with Gasteiger partial charge in [-0.25, -0.2) is 0 Å². The lowest BCUT2D eigenvalue weighted by Crippen LogP contribution is -2.16. The van der Waals surface area contributed by atoms with Crippen LogP contribution < -0.4 is 11.3 Å². The molecule has 1 rings (SSSR count). The van der Waals surface area contributed by atoms with Crippen LogP contribution in [-0.4, -0.2) is 4.92 Å². The minimum atomic E-state index is -4.69. The Labute approximate surface area is 81.8 Å². The number of nitrogens with two attached hydrogens (primary N) is 1. The third kappa shape index (κ3) is 2.15. The molecule has 0 radical (unpaired) electrons. The second-order valence-corrected chi connectivity index (χ2v) is 2.60. The molecule has 0 aliphatic rings. The van der Waals surface area contributed by atoms with E-state index in [9.17, 15) is 23.3 Å². The summed E-state index contributed by atoms with van der Waals surface area (Å²) >= 11 is 0. The molecule has 0 aromatic heterocycles. The highest BCUT2D eigenvalue weighted by Gasteiger charge is 2.36. The van der Waals surface area contributed by atoms with Gasteiger partial charge in [-0.15, -0.1) is 0 Å². The number of nitrogens with one attached hydrogen (secondary N) is 1. The van der Waals surface area contributed by atoms with Gasteiger partial charge in [0.15, 0.2) is 0 Å². The predicted molar refractivity (Wildman–Crippen MR) is 45.9 cm³/mol. The monoisotopic (exact) mass is 221 g/mol. The number of hydrogen-bond acceptors (Lipinski definition) is 4. The van der Waals surface area contributed by atoms with Gasteiger partial charge in [-0.05, 0) is 6.07 Å². The topological polar surface area (TPSA) is 81.2 Å². The summed E-state index contributed by atoms with van der Waals surface area (Å²) in [5.74, 6) is 4.83. The number of rotatable bonds is 2. The van der Waals surface area contributed by atoms with Crippen molar-refractivity contribution in [3.05, 3.63) is 33.9 Å². The van der Waals surface area contributed by atoms with Gasteiger partial charge in [0, 0.05) is 6.07 Å². The minimum Gasteiger partial charge on any atom is -0.318 e. The van der Waals surface area contributed by atoms with Crippen LogP contribution in [0.15, 0.2) is 18.2 Å². The molecule has 0 spiro atoms. The summed E-state index contributed by atoms with van der Waals surface area (Å²) in [4.78, 5) is 9.46.